The first-order valence-electron chi connectivity index (χ1n) is 8.74. The number of hydrogen-bond donors (Lipinski definition) is 1. The zero-order valence-electron chi connectivity index (χ0n) is 13.2. The van der Waals surface area contributed by atoms with Crippen LogP contribution in [0.15, 0.2) is 0 Å². The van der Waals surface area contributed by atoms with Gasteiger partial charge in [-0.25, -0.2) is 0 Å². The van der Waals surface area contributed by atoms with E-state index in [9.17, 15) is 0 Å². The highest BCUT2D eigenvalue weighted by atomic mass is 15.2. The van der Waals surface area contributed by atoms with Gasteiger partial charge in [0.2, 0.25) is 0 Å². The van der Waals surface area contributed by atoms with E-state index in [0.29, 0.717) is 5.54 Å². The Kier molecular flexibility index (Phi) is 5.70. The second kappa shape index (κ2) is 7.08. The van der Waals surface area contributed by atoms with Gasteiger partial charge in [-0.3, -0.25) is 4.90 Å². The summed E-state index contributed by atoms with van der Waals surface area (Å²) in [5.74, 6) is 0.974. The van der Waals surface area contributed by atoms with Crippen molar-refractivity contribution in [1.29, 1.82) is 0 Å². The third-order valence-electron chi connectivity index (χ3n) is 5.89. The van der Waals surface area contributed by atoms with E-state index in [4.69, 9.17) is 5.73 Å². The van der Waals surface area contributed by atoms with Crippen LogP contribution in [0.5, 0.6) is 0 Å². The fourth-order valence-electron chi connectivity index (χ4n) is 4.61. The predicted molar refractivity (Wildman–Crippen MR) is 83.3 cm³/mol. The van der Waals surface area contributed by atoms with Crippen LogP contribution in [0.3, 0.4) is 0 Å². The van der Waals surface area contributed by atoms with Gasteiger partial charge >= 0.3 is 0 Å². The van der Waals surface area contributed by atoms with Crippen LogP contribution in [0.4, 0.5) is 0 Å². The predicted octanol–water partition coefficient (Wildman–Crippen LogP) is 3.94. The van der Waals surface area contributed by atoms with Crippen LogP contribution in [0, 0.1) is 5.92 Å². The van der Waals surface area contributed by atoms with Crippen molar-refractivity contribution in [2.24, 2.45) is 11.7 Å². The Hall–Kier alpha value is -0.0800. The van der Waals surface area contributed by atoms with Gasteiger partial charge in [0.15, 0.2) is 0 Å². The number of rotatable bonds is 6. The lowest BCUT2D eigenvalue weighted by Crippen LogP contribution is -2.61. The van der Waals surface area contributed by atoms with Crippen molar-refractivity contribution in [3.63, 3.8) is 0 Å². The molecule has 2 aliphatic rings. The molecule has 2 fully saturated rings. The maximum absolute atomic E-state index is 6.27. The van der Waals surface area contributed by atoms with E-state index in [1.807, 2.05) is 0 Å². The third-order valence-corrected chi connectivity index (χ3v) is 5.89. The molecule has 2 heteroatoms. The number of nitrogens with two attached hydrogens (primary N) is 1. The highest BCUT2D eigenvalue weighted by molar-refractivity contribution is 4.99. The Balaban J connectivity index is 2.13. The van der Waals surface area contributed by atoms with E-state index in [2.05, 4.69) is 18.7 Å². The summed E-state index contributed by atoms with van der Waals surface area (Å²) in [6.45, 7) is 6.81. The first kappa shape index (κ1) is 15.3. The van der Waals surface area contributed by atoms with Crippen LogP contribution in [-0.2, 0) is 0 Å². The first-order valence-corrected chi connectivity index (χ1v) is 8.74. The van der Waals surface area contributed by atoms with Gasteiger partial charge in [-0.05, 0) is 51.0 Å². The van der Waals surface area contributed by atoms with E-state index < -0.39 is 0 Å². The lowest BCUT2D eigenvalue weighted by molar-refractivity contribution is -0.0328. The van der Waals surface area contributed by atoms with E-state index >= 15 is 0 Å². The summed E-state index contributed by atoms with van der Waals surface area (Å²) in [4.78, 5) is 2.87. The van der Waals surface area contributed by atoms with Crippen LogP contribution < -0.4 is 5.73 Å². The van der Waals surface area contributed by atoms with Gasteiger partial charge in [-0.15, -0.1) is 0 Å². The number of nitrogens with zero attached hydrogens (tertiary/aromatic N) is 1. The van der Waals surface area contributed by atoms with Crippen molar-refractivity contribution in [3.8, 4) is 0 Å². The van der Waals surface area contributed by atoms with Crippen LogP contribution >= 0.6 is 0 Å². The maximum Gasteiger partial charge on any atom is 0.0332 e. The molecule has 19 heavy (non-hydrogen) atoms. The van der Waals surface area contributed by atoms with Gasteiger partial charge in [0, 0.05) is 18.1 Å². The highest BCUT2D eigenvalue weighted by Crippen LogP contribution is 2.40. The summed E-state index contributed by atoms with van der Waals surface area (Å²) in [5, 5.41) is 0. The van der Waals surface area contributed by atoms with E-state index in [0.717, 1.165) is 18.5 Å². The molecule has 0 radical (unpaired) electrons. The molecule has 1 aliphatic carbocycles. The molecule has 112 valence electrons. The molecule has 1 saturated carbocycles. The molecule has 0 bridgehead atoms. The molecule has 3 unspecified atom stereocenters. The third kappa shape index (κ3) is 3.16. The average Bonchev–Trinajstić information content (AvgIpc) is 2.49. The maximum atomic E-state index is 6.27. The van der Waals surface area contributed by atoms with Gasteiger partial charge < -0.3 is 5.73 Å². The molecule has 0 aromatic carbocycles. The molecule has 0 aromatic heterocycles. The fourth-order valence-corrected chi connectivity index (χ4v) is 4.61. The van der Waals surface area contributed by atoms with Crippen LogP contribution in [0.2, 0.25) is 0 Å². The topological polar surface area (TPSA) is 29.3 Å². The van der Waals surface area contributed by atoms with Crippen molar-refractivity contribution in [3.05, 3.63) is 0 Å². The number of piperidine rings is 1. The van der Waals surface area contributed by atoms with E-state index in [-0.39, 0.29) is 0 Å². The fraction of sp³-hybridized carbons (Fsp3) is 1.00. The summed E-state index contributed by atoms with van der Waals surface area (Å²) in [5.41, 5.74) is 6.57. The van der Waals surface area contributed by atoms with Crippen LogP contribution in [-0.4, -0.2) is 29.6 Å². The molecule has 1 heterocycles. The summed E-state index contributed by atoms with van der Waals surface area (Å²) >= 11 is 0. The summed E-state index contributed by atoms with van der Waals surface area (Å²) < 4.78 is 0. The molecule has 2 nitrogen and oxygen atoms in total. The monoisotopic (exact) mass is 266 g/mol. The van der Waals surface area contributed by atoms with Crippen molar-refractivity contribution in [2.75, 3.05) is 13.1 Å². The Labute approximate surface area is 120 Å². The van der Waals surface area contributed by atoms with Crippen molar-refractivity contribution in [1.82, 2.24) is 4.90 Å². The number of fused-ring (bicyclic) bond motifs is 1. The summed E-state index contributed by atoms with van der Waals surface area (Å²) in [7, 11) is 0. The van der Waals surface area contributed by atoms with E-state index in [1.165, 1.54) is 70.8 Å². The minimum atomic E-state index is 0.302. The molecule has 2 rings (SSSR count). The van der Waals surface area contributed by atoms with Gasteiger partial charge in [-0.2, -0.15) is 0 Å². The van der Waals surface area contributed by atoms with Crippen molar-refractivity contribution < 1.29 is 0 Å². The largest absolute Gasteiger partial charge is 0.329 e. The molecular formula is C17H34N2. The first-order chi connectivity index (χ1) is 9.27. The number of likely N-dealkylation sites (tertiary alicyclic amines) is 1. The van der Waals surface area contributed by atoms with Gasteiger partial charge in [0.05, 0.1) is 0 Å². The minimum absolute atomic E-state index is 0.302. The Morgan fingerprint density at radius 1 is 1.11 bits per heavy atom. The van der Waals surface area contributed by atoms with Crippen molar-refractivity contribution in [2.45, 2.75) is 89.6 Å². The lowest BCUT2D eigenvalue weighted by Gasteiger charge is -2.54. The highest BCUT2D eigenvalue weighted by Gasteiger charge is 2.42. The van der Waals surface area contributed by atoms with Gasteiger partial charge in [-0.1, -0.05) is 39.5 Å². The van der Waals surface area contributed by atoms with E-state index in [1.54, 1.807) is 0 Å². The standard InChI is InChI=1S/C17H34N2/c1-3-5-12-17(4-2,14-18)19-13-8-10-15-9-6-7-11-16(15)19/h15-16H,3-14,18H2,1-2H3. The van der Waals surface area contributed by atoms with Crippen molar-refractivity contribution >= 4 is 0 Å². The summed E-state index contributed by atoms with van der Waals surface area (Å²) in [6, 6.07) is 0.850. The van der Waals surface area contributed by atoms with Crippen LogP contribution in [0.1, 0.15) is 78.1 Å². The quantitative estimate of drug-likeness (QED) is 0.789. The smallest absolute Gasteiger partial charge is 0.0332 e. The average molecular weight is 266 g/mol. The second-order valence-corrected chi connectivity index (χ2v) is 6.83. The molecule has 0 aromatic rings. The second-order valence-electron chi connectivity index (χ2n) is 6.83. The molecular weight excluding hydrogens is 232 g/mol. The molecule has 0 amide bonds. The number of unbranched alkanes of at least 4 members (excludes halogenated alkanes) is 1. The normalized spacial score (nSPS) is 31.7. The number of hydrogen-bond acceptors (Lipinski definition) is 2. The molecule has 2 N–H and O–H groups in total. The Morgan fingerprint density at radius 3 is 2.53 bits per heavy atom. The lowest BCUT2D eigenvalue weighted by atomic mass is 9.74. The van der Waals surface area contributed by atoms with Crippen LogP contribution in [0.25, 0.3) is 0 Å². The zero-order valence-corrected chi connectivity index (χ0v) is 13.2. The van der Waals surface area contributed by atoms with Gasteiger partial charge in [0.25, 0.3) is 0 Å². The molecule has 0 spiro atoms. The van der Waals surface area contributed by atoms with Gasteiger partial charge in [0.1, 0.15) is 0 Å². The Morgan fingerprint density at radius 2 is 1.84 bits per heavy atom. The molecule has 1 aliphatic heterocycles. The molecule has 3 atom stereocenters. The SMILES string of the molecule is CCCCC(CC)(CN)N1CCCC2CCCCC21. The zero-order chi connectivity index (χ0) is 13.7. The molecule has 1 saturated heterocycles. The minimum Gasteiger partial charge on any atom is -0.329 e. The summed E-state index contributed by atoms with van der Waals surface area (Å²) in [6.07, 6.45) is 13.8. The Bertz CT molecular complexity index is 258.